The Kier molecular flexibility index (Phi) is 9.07. The van der Waals surface area contributed by atoms with Gasteiger partial charge in [-0.2, -0.15) is 0 Å². The van der Waals surface area contributed by atoms with Crippen molar-refractivity contribution < 1.29 is 18.0 Å². The lowest BCUT2D eigenvalue weighted by Crippen LogP contribution is -2.52. The van der Waals surface area contributed by atoms with E-state index in [4.69, 9.17) is 23.2 Å². The van der Waals surface area contributed by atoms with Crippen LogP contribution < -0.4 is 9.62 Å². The van der Waals surface area contributed by atoms with Gasteiger partial charge in [0.25, 0.3) is 0 Å². The van der Waals surface area contributed by atoms with Gasteiger partial charge in [0.2, 0.25) is 21.8 Å². The van der Waals surface area contributed by atoms with E-state index >= 15 is 0 Å². The van der Waals surface area contributed by atoms with Gasteiger partial charge in [-0.05, 0) is 56.0 Å². The highest BCUT2D eigenvalue weighted by molar-refractivity contribution is 7.92. The molecule has 1 aliphatic carbocycles. The summed E-state index contributed by atoms with van der Waals surface area (Å²) in [6.07, 6.45) is 4.97. The third-order valence-corrected chi connectivity index (χ3v) is 8.02. The summed E-state index contributed by atoms with van der Waals surface area (Å²) >= 11 is 12.5. The summed E-state index contributed by atoms with van der Waals surface area (Å²) in [5.41, 5.74) is 1.62. The smallest absolute Gasteiger partial charge is 0.244 e. The number of aryl methyl sites for hydroxylation is 1. The minimum absolute atomic E-state index is 0.0594. The standard InChI is InChI=1S/C25H31Cl2N3O4S/c1-17-12-13-20(26)14-23(17)30(35(3,33)34)16-24(31)29(15-19-8-4-7-11-22(19)27)18(2)25(32)28-21-9-5-6-10-21/h4,7-8,11-14,18,21H,5-6,9-10,15-16H2,1-3H3,(H,28,32). The highest BCUT2D eigenvalue weighted by Crippen LogP contribution is 2.27. The molecular formula is C25H31Cl2N3O4S. The van der Waals surface area contributed by atoms with Crippen molar-refractivity contribution in [2.45, 2.75) is 58.2 Å². The SMILES string of the molecule is Cc1ccc(Cl)cc1N(CC(=O)N(Cc1ccccc1Cl)C(C)C(=O)NC1CCCC1)S(C)(=O)=O. The van der Waals surface area contributed by atoms with Gasteiger partial charge in [-0.25, -0.2) is 8.42 Å². The Balaban J connectivity index is 1.92. The number of nitrogens with zero attached hydrogens (tertiary/aromatic N) is 2. The van der Waals surface area contributed by atoms with Crippen molar-refractivity contribution in [3.8, 4) is 0 Å². The molecule has 10 heteroatoms. The van der Waals surface area contributed by atoms with Crippen LogP contribution in [0.4, 0.5) is 5.69 Å². The number of amides is 2. The molecule has 2 aromatic carbocycles. The first-order chi connectivity index (χ1) is 16.5. The molecule has 0 aliphatic heterocycles. The van der Waals surface area contributed by atoms with Crippen LogP contribution in [-0.2, 0) is 26.2 Å². The summed E-state index contributed by atoms with van der Waals surface area (Å²) in [5, 5.41) is 3.84. The van der Waals surface area contributed by atoms with Gasteiger partial charge in [0, 0.05) is 22.6 Å². The molecule has 0 bridgehead atoms. The van der Waals surface area contributed by atoms with Gasteiger partial charge >= 0.3 is 0 Å². The van der Waals surface area contributed by atoms with E-state index in [9.17, 15) is 18.0 Å². The zero-order valence-electron chi connectivity index (χ0n) is 20.1. The minimum atomic E-state index is -3.83. The van der Waals surface area contributed by atoms with E-state index in [-0.39, 0.29) is 18.5 Å². The van der Waals surface area contributed by atoms with Crippen LogP contribution in [0, 0.1) is 6.92 Å². The molecule has 1 fully saturated rings. The molecule has 3 rings (SSSR count). The van der Waals surface area contributed by atoms with Crippen LogP contribution in [0.25, 0.3) is 0 Å². The molecule has 0 saturated heterocycles. The minimum Gasteiger partial charge on any atom is -0.352 e. The Morgan fingerprint density at radius 1 is 1.11 bits per heavy atom. The fraction of sp³-hybridized carbons (Fsp3) is 0.440. The Bertz CT molecular complexity index is 1180. The maximum absolute atomic E-state index is 13.6. The van der Waals surface area contributed by atoms with Crippen LogP contribution in [-0.4, -0.2) is 50.0 Å². The average Bonchev–Trinajstić information content (AvgIpc) is 3.30. The maximum atomic E-state index is 13.6. The number of benzene rings is 2. The van der Waals surface area contributed by atoms with E-state index in [1.54, 1.807) is 50.2 Å². The third-order valence-electron chi connectivity index (χ3n) is 6.29. The van der Waals surface area contributed by atoms with Gasteiger partial charge in [0.15, 0.2) is 0 Å². The molecule has 0 aromatic heterocycles. The molecule has 1 atom stereocenters. The zero-order chi connectivity index (χ0) is 25.8. The Morgan fingerprint density at radius 3 is 2.40 bits per heavy atom. The fourth-order valence-corrected chi connectivity index (χ4v) is 5.49. The largest absolute Gasteiger partial charge is 0.352 e. The molecule has 7 nitrogen and oxygen atoms in total. The number of hydrogen-bond acceptors (Lipinski definition) is 4. The van der Waals surface area contributed by atoms with Crippen LogP contribution in [0.15, 0.2) is 42.5 Å². The number of carbonyl (C=O) groups is 2. The number of sulfonamides is 1. The van der Waals surface area contributed by atoms with Crippen molar-refractivity contribution in [1.29, 1.82) is 0 Å². The molecule has 190 valence electrons. The van der Waals surface area contributed by atoms with E-state index in [2.05, 4.69) is 5.32 Å². The lowest BCUT2D eigenvalue weighted by molar-refractivity contribution is -0.139. The molecule has 1 aliphatic rings. The van der Waals surface area contributed by atoms with Crippen molar-refractivity contribution >= 4 is 50.7 Å². The van der Waals surface area contributed by atoms with Crippen LogP contribution in [0.5, 0.6) is 0 Å². The Morgan fingerprint density at radius 2 is 1.77 bits per heavy atom. The highest BCUT2D eigenvalue weighted by Gasteiger charge is 2.32. The molecule has 0 radical (unpaired) electrons. The zero-order valence-corrected chi connectivity index (χ0v) is 22.5. The van der Waals surface area contributed by atoms with Crippen molar-refractivity contribution in [2.24, 2.45) is 0 Å². The molecule has 1 N–H and O–H groups in total. The van der Waals surface area contributed by atoms with E-state index in [0.29, 0.717) is 26.9 Å². The number of rotatable bonds is 9. The topological polar surface area (TPSA) is 86.8 Å². The first-order valence-electron chi connectivity index (χ1n) is 11.5. The summed E-state index contributed by atoms with van der Waals surface area (Å²) in [6, 6.07) is 11.2. The number of halogens is 2. The quantitative estimate of drug-likeness (QED) is 0.506. The Hall–Kier alpha value is -2.29. The van der Waals surface area contributed by atoms with E-state index in [1.165, 1.54) is 11.0 Å². The lowest BCUT2D eigenvalue weighted by atomic mass is 10.1. The van der Waals surface area contributed by atoms with E-state index < -0.39 is 28.5 Å². The van der Waals surface area contributed by atoms with Gasteiger partial charge in [-0.3, -0.25) is 13.9 Å². The number of hydrogen-bond donors (Lipinski definition) is 1. The maximum Gasteiger partial charge on any atom is 0.244 e. The first kappa shape index (κ1) is 27.3. The van der Waals surface area contributed by atoms with E-state index in [1.807, 2.05) is 0 Å². The molecule has 1 unspecified atom stereocenters. The second-order valence-corrected chi connectivity index (χ2v) is 11.7. The summed E-state index contributed by atoms with van der Waals surface area (Å²) < 4.78 is 26.4. The summed E-state index contributed by atoms with van der Waals surface area (Å²) in [4.78, 5) is 28.1. The first-order valence-corrected chi connectivity index (χ1v) is 14.1. The van der Waals surface area contributed by atoms with Crippen molar-refractivity contribution in [2.75, 3.05) is 17.1 Å². The second kappa shape index (κ2) is 11.6. The van der Waals surface area contributed by atoms with Gasteiger partial charge in [-0.15, -0.1) is 0 Å². The second-order valence-electron chi connectivity index (χ2n) is 8.98. The van der Waals surface area contributed by atoms with Crippen molar-refractivity contribution in [3.05, 3.63) is 63.6 Å². The van der Waals surface area contributed by atoms with Crippen molar-refractivity contribution in [3.63, 3.8) is 0 Å². The fourth-order valence-electron chi connectivity index (χ4n) is 4.23. The summed E-state index contributed by atoms with van der Waals surface area (Å²) in [5.74, 6) is -0.800. The van der Waals surface area contributed by atoms with Crippen LogP contribution in [0.3, 0.4) is 0 Å². The van der Waals surface area contributed by atoms with Gasteiger partial charge in [-0.1, -0.05) is 60.3 Å². The summed E-state index contributed by atoms with van der Waals surface area (Å²) in [7, 11) is -3.83. The lowest BCUT2D eigenvalue weighted by Gasteiger charge is -2.32. The monoisotopic (exact) mass is 539 g/mol. The highest BCUT2D eigenvalue weighted by atomic mass is 35.5. The summed E-state index contributed by atoms with van der Waals surface area (Å²) in [6.45, 7) is 2.97. The van der Waals surface area contributed by atoms with Crippen LogP contribution in [0.2, 0.25) is 10.0 Å². The Labute approximate surface area is 217 Å². The molecule has 35 heavy (non-hydrogen) atoms. The van der Waals surface area contributed by atoms with Gasteiger partial charge in [0.05, 0.1) is 11.9 Å². The molecular weight excluding hydrogens is 509 g/mol. The molecule has 2 amide bonds. The molecule has 2 aromatic rings. The van der Waals surface area contributed by atoms with Crippen molar-refractivity contribution in [1.82, 2.24) is 10.2 Å². The van der Waals surface area contributed by atoms with Gasteiger partial charge < -0.3 is 10.2 Å². The molecule has 0 spiro atoms. The number of nitrogens with one attached hydrogen (secondary N) is 1. The van der Waals surface area contributed by atoms with Crippen LogP contribution >= 0.6 is 23.2 Å². The van der Waals surface area contributed by atoms with E-state index in [0.717, 1.165) is 36.2 Å². The predicted octanol–water partition coefficient (Wildman–Crippen LogP) is 4.54. The van der Waals surface area contributed by atoms with Gasteiger partial charge in [0.1, 0.15) is 12.6 Å². The third kappa shape index (κ3) is 7.12. The number of anilines is 1. The molecule has 1 saturated carbocycles. The van der Waals surface area contributed by atoms with Crippen LogP contribution in [0.1, 0.15) is 43.7 Å². The molecule has 0 heterocycles. The number of carbonyl (C=O) groups excluding carboxylic acids is 2. The predicted molar refractivity (Wildman–Crippen MR) is 140 cm³/mol. The normalized spacial score (nSPS) is 15.0. The average molecular weight is 541 g/mol.